The summed E-state index contributed by atoms with van der Waals surface area (Å²) >= 11 is 0. The lowest BCUT2D eigenvalue weighted by atomic mass is 9.87. The topological polar surface area (TPSA) is 70.6 Å². The van der Waals surface area contributed by atoms with Crippen LogP contribution >= 0.6 is 0 Å². The van der Waals surface area contributed by atoms with Crippen molar-refractivity contribution >= 4 is 17.5 Å². The first-order valence-corrected chi connectivity index (χ1v) is 9.42. The van der Waals surface area contributed by atoms with Gasteiger partial charge in [-0.3, -0.25) is 0 Å². The van der Waals surface area contributed by atoms with Crippen LogP contribution in [0.25, 0.3) is 0 Å². The first-order valence-electron chi connectivity index (χ1n) is 9.42. The van der Waals surface area contributed by atoms with Gasteiger partial charge in [-0.1, -0.05) is 0 Å². The first-order chi connectivity index (χ1) is 13.1. The lowest BCUT2D eigenvalue weighted by Gasteiger charge is -2.56. The highest BCUT2D eigenvalue weighted by molar-refractivity contribution is 5.90. The Balaban J connectivity index is 1.39. The Hall–Kier alpha value is -2.83. The number of amides is 2. The molecule has 7 heteroatoms. The number of urea groups is 1. The van der Waals surface area contributed by atoms with Crippen molar-refractivity contribution in [1.82, 2.24) is 14.9 Å². The summed E-state index contributed by atoms with van der Waals surface area (Å²) in [7, 11) is 0. The number of ether oxygens (including phenoxy) is 1. The van der Waals surface area contributed by atoms with Crippen LogP contribution in [0.2, 0.25) is 0 Å². The van der Waals surface area contributed by atoms with Crippen molar-refractivity contribution in [2.24, 2.45) is 0 Å². The number of hydrogen-bond donors (Lipinski definition) is 1. The van der Waals surface area contributed by atoms with Gasteiger partial charge in [-0.2, -0.15) is 0 Å². The van der Waals surface area contributed by atoms with Gasteiger partial charge in [0.25, 0.3) is 0 Å². The van der Waals surface area contributed by atoms with Crippen LogP contribution < -0.4 is 15.0 Å². The Morgan fingerprint density at radius 2 is 1.89 bits per heavy atom. The van der Waals surface area contributed by atoms with E-state index >= 15 is 0 Å². The van der Waals surface area contributed by atoms with Crippen molar-refractivity contribution in [3.63, 3.8) is 0 Å². The molecule has 4 heterocycles. The Morgan fingerprint density at radius 3 is 2.56 bits per heavy atom. The summed E-state index contributed by atoms with van der Waals surface area (Å²) in [5.41, 5.74) is 2.90. The zero-order chi connectivity index (χ0) is 19.0. The molecule has 2 aromatic rings. The molecule has 2 bridgehead atoms. The van der Waals surface area contributed by atoms with Crippen LogP contribution in [0.4, 0.5) is 16.3 Å². The maximum absolute atomic E-state index is 12.7. The van der Waals surface area contributed by atoms with Gasteiger partial charge in [-0.05, 0) is 51.5 Å². The highest BCUT2D eigenvalue weighted by atomic mass is 16.5. The van der Waals surface area contributed by atoms with E-state index in [1.54, 1.807) is 6.33 Å². The van der Waals surface area contributed by atoms with Gasteiger partial charge in [0.15, 0.2) is 0 Å². The second-order valence-electron chi connectivity index (χ2n) is 7.15. The third kappa shape index (κ3) is 3.29. The number of carbonyl (C=O) groups is 1. The number of piperidine rings is 1. The quantitative estimate of drug-likeness (QED) is 0.900. The molecule has 3 aliphatic heterocycles. The number of piperazine rings is 1. The number of hydrogen-bond acceptors (Lipinski definition) is 5. The predicted molar refractivity (Wildman–Crippen MR) is 104 cm³/mol. The summed E-state index contributed by atoms with van der Waals surface area (Å²) in [6.45, 7) is 8.26. The van der Waals surface area contributed by atoms with Crippen LogP contribution in [0.3, 0.4) is 0 Å². The Morgan fingerprint density at radius 1 is 1.19 bits per heavy atom. The zero-order valence-electron chi connectivity index (χ0n) is 16.0. The van der Waals surface area contributed by atoms with Gasteiger partial charge < -0.3 is 19.9 Å². The minimum Gasteiger partial charge on any atom is -0.494 e. The molecule has 2 amide bonds. The third-order valence-electron chi connectivity index (χ3n) is 5.45. The Kier molecular flexibility index (Phi) is 4.59. The lowest BCUT2D eigenvalue weighted by molar-refractivity contribution is 0.0436. The molecule has 2 atom stereocenters. The summed E-state index contributed by atoms with van der Waals surface area (Å²) in [6, 6.07) is 7.91. The number of anilines is 2. The van der Waals surface area contributed by atoms with Gasteiger partial charge in [-0.25, -0.2) is 14.8 Å². The van der Waals surface area contributed by atoms with Crippen LogP contribution in [-0.4, -0.2) is 52.7 Å². The molecule has 1 aromatic carbocycles. The molecule has 0 radical (unpaired) electrons. The lowest BCUT2D eigenvalue weighted by Crippen LogP contribution is -2.71. The van der Waals surface area contributed by atoms with Crippen LogP contribution in [0.5, 0.6) is 5.75 Å². The zero-order valence-corrected chi connectivity index (χ0v) is 16.0. The molecule has 0 saturated carbocycles. The summed E-state index contributed by atoms with van der Waals surface area (Å²) in [4.78, 5) is 25.7. The molecule has 3 aliphatic rings. The van der Waals surface area contributed by atoms with Gasteiger partial charge >= 0.3 is 6.03 Å². The normalized spacial score (nSPS) is 20.9. The second kappa shape index (κ2) is 7.06. The fourth-order valence-corrected chi connectivity index (χ4v) is 3.95. The van der Waals surface area contributed by atoms with Crippen molar-refractivity contribution in [3.8, 4) is 5.75 Å². The fraction of sp³-hybridized carbons (Fsp3) is 0.450. The van der Waals surface area contributed by atoms with E-state index in [0.29, 0.717) is 6.61 Å². The average Bonchev–Trinajstić information content (AvgIpc) is 2.65. The summed E-state index contributed by atoms with van der Waals surface area (Å²) < 4.78 is 5.44. The van der Waals surface area contributed by atoms with E-state index in [1.165, 1.54) is 0 Å². The molecule has 3 fully saturated rings. The van der Waals surface area contributed by atoms with E-state index in [1.807, 2.05) is 43.0 Å². The minimum absolute atomic E-state index is 0.0318. The number of nitrogens with zero attached hydrogens (tertiary/aromatic N) is 4. The predicted octanol–water partition coefficient (Wildman–Crippen LogP) is 2.99. The van der Waals surface area contributed by atoms with Crippen LogP contribution in [0, 0.1) is 13.8 Å². The number of fused-ring (bicyclic) bond motifs is 2. The van der Waals surface area contributed by atoms with Gasteiger partial charge in [0.1, 0.15) is 17.9 Å². The molecular formula is C20H25N5O2. The molecule has 1 aromatic heterocycles. The number of carbonyl (C=O) groups excluding carboxylic acids is 1. The van der Waals surface area contributed by atoms with Crippen LogP contribution in [-0.2, 0) is 0 Å². The standard InChI is InChI=1S/C20H25N5O2/c1-4-27-18-7-5-15(6-8-18)23-20(26)25-16-9-17(25)11-24(10-16)19-13(2)14(3)21-12-22-19/h5-8,12,16-17H,4,9-11H2,1-3H3,(H,23,26). The second-order valence-corrected chi connectivity index (χ2v) is 7.15. The van der Waals surface area contributed by atoms with E-state index in [-0.39, 0.29) is 18.1 Å². The summed E-state index contributed by atoms with van der Waals surface area (Å²) in [5, 5.41) is 3.00. The first kappa shape index (κ1) is 17.6. The van der Waals surface area contributed by atoms with E-state index < -0.39 is 0 Å². The van der Waals surface area contributed by atoms with Gasteiger partial charge in [0, 0.05) is 30.0 Å². The summed E-state index contributed by atoms with van der Waals surface area (Å²) in [6.07, 6.45) is 2.67. The molecule has 2 unspecified atom stereocenters. The largest absolute Gasteiger partial charge is 0.494 e. The van der Waals surface area contributed by atoms with Crippen molar-refractivity contribution < 1.29 is 9.53 Å². The Bertz CT molecular complexity index is 827. The number of aryl methyl sites for hydroxylation is 1. The highest BCUT2D eigenvalue weighted by Gasteiger charge is 2.47. The maximum atomic E-state index is 12.7. The number of benzene rings is 1. The fourth-order valence-electron chi connectivity index (χ4n) is 3.95. The smallest absolute Gasteiger partial charge is 0.322 e. The molecule has 1 N–H and O–H groups in total. The maximum Gasteiger partial charge on any atom is 0.322 e. The van der Waals surface area contributed by atoms with E-state index in [4.69, 9.17) is 4.74 Å². The molecule has 27 heavy (non-hydrogen) atoms. The van der Waals surface area contributed by atoms with Crippen molar-refractivity contribution in [1.29, 1.82) is 0 Å². The third-order valence-corrected chi connectivity index (χ3v) is 5.45. The number of aromatic nitrogens is 2. The van der Waals surface area contributed by atoms with E-state index in [9.17, 15) is 4.79 Å². The average molecular weight is 367 g/mol. The molecular weight excluding hydrogens is 342 g/mol. The van der Waals surface area contributed by atoms with Gasteiger partial charge in [0.2, 0.25) is 0 Å². The van der Waals surface area contributed by atoms with Crippen molar-refractivity contribution in [2.75, 3.05) is 29.9 Å². The van der Waals surface area contributed by atoms with Gasteiger partial charge in [-0.15, -0.1) is 0 Å². The van der Waals surface area contributed by atoms with E-state index in [0.717, 1.165) is 48.0 Å². The summed E-state index contributed by atoms with van der Waals surface area (Å²) in [5.74, 6) is 1.80. The molecule has 142 valence electrons. The number of rotatable bonds is 4. The molecule has 7 nitrogen and oxygen atoms in total. The van der Waals surface area contributed by atoms with Crippen LogP contribution in [0.1, 0.15) is 24.6 Å². The van der Waals surface area contributed by atoms with E-state index in [2.05, 4.69) is 27.1 Å². The highest BCUT2D eigenvalue weighted by Crippen LogP contribution is 2.35. The molecule has 0 aliphatic carbocycles. The monoisotopic (exact) mass is 367 g/mol. The minimum atomic E-state index is -0.0318. The Labute approximate surface area is 159 Å². The molecule has 0 spiro atoms. The SMILES string of the molecule is CCOc1ccc(NC(=O)N2C3CC2CN(c2ncnc(C)c2C)C3)cc1. The number of nitrogens with one attached hydrogen (secondary N) is 1. The van der Waals surface area contributed by atoms with Crippen molar-refractivity contribution in [2.45, 2.75) is 39.3 Å². The van der Waals surface area contributed by atoms with Crippen LogP contribution in [0.15, 0.2) is 30.6 Å². The molecule has 5 rings (SSSR count). The van der Waals surface area contributed by atoms with Crippen molar-refractivity contribution in [3.05, 3.63) is 41.9 Å². The van der Waals surface area contributed by atoms with Gasteiger partial charge in [0.05, 0.1) is 18.7 Å². The molecule has 3 saturated heterocycles.